The van der Waals surface area contributed by atoms with Crippen LogP contribution in [0, 0.1) is 0 Å². The first-order valence-electron chi connectivity index (χ1n) is 7.29. The highest BCUT2D eigenvalue weighted by Gasteiger charge is 2.41. The van der Waals surface area contributed by atoms with E-state index in [2.05, 4.69) is 12.2 Å². The van der Waals surface area contributed by atoms with Gasteiger partial charge in [0.05, 0.1) is 6.61 Å². The van der Waals surface area contributed by atoms with Crippen LogP contribution in [0.25, 0.3) is 0 Å². The lowest BCUT2D eigenvalue weighted by molar-refractivity contribution is -0.136. The highest BCUT2D eigenvalue weighted by atomic mass is 16.5. The van der Waals surface area contributed by atoms with Crippen molar-refractivity contribution in [3.05, 3.63) is 24.3 Å². The van der Waals surface area contributed by atoms with Gasteiger partial charge in [0.1, 0.15) is 11.4 Å². The molecule has 1 aromatic rings. The van der Waals surface area contributed by atoms with Crippen molar-refractivity contribution in [2.24, 2.45) is 0 Å². The van der Waals surface area contributed by atoms with Gasteiger partial charge in [-0.15, -0.1) is 0 Å². The van der Waals surface area contributed by atoms with Crippen LogP contribution >= 0.6 is 0 Å². The molecule has 1 aliphatic rings. The molecule has 0 aromatic heterocycles. The van der Waals surface area contributed by atoms with Gasteiger partial charge < -0.3 is 14.8 Å². The van der Waals surface area contributed by atoms with Gasteiger partial charge >= 0.3 is 0 Å². The Kier molecular flexibility index (Phi) is 5.01. The second kappa shape index (κ2) is 6.75. The Balaban J connectivity index is 1.97. The average molecular weight is 277 g/mol. The number of carbonyl (C=O) groups excluding carboxylic acids is 1. The second-order valence-corrected chi connectivity index (χ2v) is 5.23. The van der Waals surface area contributed by atoms with Gasteiger partial charge in [-0.3, -0.25) is 4.79 Å². The molecule has 0 aliphatic heterocycles. The lowest BCUT2D eigenvalue weighted by atomic mass is 10.0. The summed E-state index contributed by atoms with van der Waals surface area (Å²) in [5, 5.41) is 2.94. The second-order valence-electron chi connectivity index (χ2n) is 5.23. The monoisotopic (exact) mass is 277 g/mol. The molecule has 110 valence electrons. The van der Waals surface area contributed by atoms with E-state index in [1.807, 2.05) is 24.3 Å². The summed E-state index contributed by atoms with van der Waals surface area (Å²) < 4.78 is 11.0. The van der Waals surface area contributed by atoms with Crippen LogP contribution < -0.4 is 10.1 Å². The van der Waals surface area contributed by atoms with Crippen LogP contribution in [0.4, 0.5) is 5.69 Å². The molecule has 0 radical (unpaired) electrons. The Hall–Kier alpha value is -1.55. The molecule has 0 spiro atoms. The van der Waals surface area contributed by atoms with Gasteiger partial charge in [0.2, 0.25) is 0 Å². The molecule has 1 saturated carbocycles. The van der Waals surface area contributed by atoms with Gasteiger partial charge in [-0.05, 0) is 56.4 Å². The Morgan fingerprint density at radius 2 is 1.90 bits per heavy atom. The minimum absolute atomic E-state index is 0.0419. The summed E-state index contributed by atoms with van der Waals surface area (Å²) in [4.78, 5) is 12.4. The van der Waals surface area contributed by atoms with Crippen LogP contribution in [0.5, 0.6) is 5.75 Å². The van der Waals surface area contributed by atoms with Crippen molar-refractivity contribution >= 4 is 11.6 Å². The van der Waals surface area contributed by atoms with Gasteiger partial charge in [-0.1, -0.05) is 6.92 Å². The van der Waals surface area contributed by atoms with E-state index in [1.165, 1.54) is 0 Å². The Labute approximate surface area is 120 Å². The highest BCUT2D eigenvalue weighted by molar-refractivity contribution is 5.97. The molecule has 1 aromatic carbocycles. The van der Waals surface area contributed by atoms with Gasteiger partial charge in [0.25, 0.3) is 5.91 Å². The fraction of sp³-hybridized carbons (Fsp3) is 0.562. The molecule has 0 unspecified atom stereocenters. The largest absolute Gasteiger partial charge is 0.494 e. The molecule has 0 heterocycles. The Bertz CT molecular complexity index is 436. The molecule has 0 atom stereocenters. The molecular weight excluding hydrogens is 254 g/mol. The minimum Gasteiger partial charge on any atom is -0.494 e. The van der Waals surface area contributed by atoms with E-state index < -0.39 is 5.60 Å². The number of methoxy groups -OCH3 is 1. The highest BCUT2D eigenvalue weighted by Crippen LogP contribution is 2.33. The maximum atomic E-state index is 12.4. The van der Waals surface area contributed by atoms with Gasteiger partial charge in [-0.2, -0.15) is 0 Å². The Morgan fingerprint density at radius 3 is 2.45 bits per heavy atom. The summed E-state index contributed by atoms with van der Waals surface area (Å²) in [5.41, 5.74) is 0.138. The molecule has 1 aliphatic carbocycles. The van der Waals surface area contributed by atoms with Crippen molar-refractivity contribution in [3.8, 4) is 5.75 Å². The van der Waals surface area contributed by atoms with Crippen LogP contribution in [0.1, 0.15) is 39.0 Å². The molecule has 1 N–H and O–H groups in total. The number of hydrogen-bond acceptors (Lipinski definition) is 3. The molecule has 4 heteroatoms. The summed E-state index contributed by atoms with van der Waals surface area (Å²) in [6, 6.07) is 7.47. The molecular formula is C16H23NO3. The van der Waals surface area contributed by atoms with Gasteiger partial charge in [-0.25, -0.2) is 0 Å². The number of rotatable bonds is 6. The van der Waals surface area contributed by atoms with E-state index in [-0.39, 0.29) is 5.91 Å². The summed E-state index contributed by atoms with van der Waals surface area (Å²) >= 11 is 0. The lowest BCUT2D eigenvalue weighted by Crippen LogP contribution is -2.42. The molecule has 2 rings (SSSR count). The van der Waals surface area contributed by atoms with E-state index in [0.29, 0.717) is 6.61 Å². The first-order valence-corrected chi connectivity index (χ1v) is 7.29. The van der Waals surface area contributed by atoms with Crippen molar-refractivity contribution in [2.45, 2.75) is 44.6 Å². The topological polar surface area (TPSA) is 47.6 Å². The molecule has 4 nitrogen and oxygen atoms in total. The first kappa shape index (κ1) is 14.9. The third-order valence-electron chi connectivity index (χ3n) is 3.80. The van der Waals surface area contributed by atoms with E-state index in [4.69, 9.17) is 9.47 Å². The molecule has 20 heavy (non-hydrogen) atoms. The van der Waals surface area contributed by atoms with Crippen molar-refractivity contribution in [3.63, 3.8) is 0 Å². The predicted molar refractivity (Wildman–Crippen MR) is 79.1 cm³/mol. The number of amides is 1. The van der Waals surface area contributed by atoms with Gasteiger partial charge in [0, 0.05) is 12.8 Å². The SMILES string of the molecule is CCCOc1ccc(NC(=O)C2(OC)CCCC2)cc1. The maximum absolute atomic E-state index is 12.4. The number of hydrogen-bond donors (Lipinski definition) is 1. The van der Waals surface area contributed by atoms with E-state index in [9.17, 15) is 4.79 Å². The van der Waals surface area contributed by atoms with Crippen molar-refractivity contribution < 1.29 is 14.3 Å². The van der Waals surface area contributed by atoms with E-state index >= 15 is 0 Å². The van der Waals surface area contributed by atoms with Crippen LogP contribution in [0.3, 0.4) is 0 Å². The first-order chi connectivity index (χ1) is 9.70. The fourth-order valence-electron chi connectivity index (χ4n) is 2.57. The standard InChI is InChI=1S/C16H23NO3/c1-3-12-20-14-8-6-13(7-9-14)17-15(18)16(19-2)10-4-5-11-16/h6-9H,3-5,10-12H2,1-2H3,(H,17,18). The quantitative estimate of drug-likeness (QED) is 0.867. The summed E-state index contributed by atoms with van der Waals surface area (Å²) in [6.07, 6.45) is 4.67. The third kappa shape index (κ3) is 3.31. The number of nitrogens with one attached hydrogen (secondary N) is 1. The summed E-state index contributed by atoms with van der Waals surface area (Å²) in [6.45, 7) is 2.78. The van der Waals surface area contributed by atoms with Crippen molar-refractivity contribution in [1.82, 2.24) is 0 Å². The third-order valence-corrected chi connectivity index (χ3v) is 3.80. The van der Waals surface area contributed by atoms with E-state index in [0.717, 1.165) is 43.5 Å². The summed E-state index contributed by atoms with van der Waals surface area (Å²) in [5.74, 6) is 0.784. The Morgan fingerprint density at radius 1 is 1.25 bits per heavy atom. The predicted octanol–water partition coefficient (Wildman–Crippen LogP) is 3.37. The summed E-state index contributed by atoms with van der Waals surface area (Å²) in [7, 11) is 1.62. The molecule has 0 bridgehead atoms. The molecule has 1 fully saturated rings. The number of anilines is 1. The van der Waals surface area contributed by atoms with Crippen molar-refractivity contribution in [1.29, 1.82) is 0 Å². The fourth-order valence-corrected chi connectivity index (χ4v) is 2.57. The van der Waals surface area contributed by atoms with Gasteiger partial charge in [0.15, 0.2) is 0 Å². The zero-order valence-electron chi connectivity index (χ0n) is 12.3. The zero-order chi connectivity index (χ0) is 14.4. The lowest BCUT2D eigenvalue weighted by Gasteiger charge is -2.25. The normalized spacial score (nSPS) is 16.9. The molecule has 0 saturated heterocycles. The smallest absolute Gasteiger partial charge is 0.256 e. The zero-order valence-corrected chi connectivity index (χ0v) is 12.3. The van der Waals surface area contributed by atoms with Crippen LogP contribution in [-0.2, 0) is 9.53 Å². The van der Waals surface area contributed by atoms with Crippen molar-refractivity contribution in [2.75, 3.05) is 19.0 Å². The number of benzene rings is 1. The van der Waals surface area contributed by atoms with Crippen LogP contribution in [0.15, 0.2) is 24.3 Å². The number of ether oxygens (including phenoxy) is 2. The average Bonchev–Trinajstić information content (AvgIpc) is 2.97. The van der Waals surface area contributed by atoms with E-state index in [1.54, 1.807) is 7.11 Å². The van der Waals surface area contributed by atoms with Crippen LogP contribution in [-0.4, -0.2) is 25.2 Å². The minimum atomic E-state index is -0.641. The number of carbonyl (C=O) groups is 1. The maximum Gasteiger partial charge on any atom is 0.256 e. The van der Waals surface area contributed by atoms with Crippen LogP contribution in [0.2, 0.25) is 0 Å². The molecule has 1 amide bonds.